The monoisotopic (exact) mass is 308 g/mol. The van der Waals surface area contributed by atoms with Crippen LogP contribution in [0.3, 0.4) is 0 Å². The van der Waals surface area contributed by atoms with Gasteiger partial charge in [-0.15, -0.1) is 0 Å². The fourth-order valence-corrected chi connectivity index (χ4v) is 3.27. The molecule has 2 atom stereocenters. The van der Waals surface area contributed by atoms with Gasteiger partial charge in [-0.2, -0.15) is 11.8 Å². The highest BCUT2D eigenvalue weighted by Gasteiger charge is 2.37. The van der Waals surface area contributed by atoms with Crippen molar-refractivity contribution in [3.8, 4) is 0 Å². The quantitative estimate of drug-likeness (QED) is 0.762. The number of rotatable bonds is 5. The number of hydrogen-bond acceptors (Lipinski definition) is 4. The average Bonchev–Trinajstić information content (AvgIpc) is 2.48. The maximum absolute atomic E-state index is 12.2. The van der Waals surface area contributed by atoms with Crippen molar-refractivity contribution in [3.63, 3.8) is 0 Å². The molecule has 1 aliphatic heterocycles. The molecule has 2 rings (SSSR count). The summed E-state index contributed by atoms with van der Waals surface area (Å²) in [5.74, 6) is 0.620. The summed E-state index contributed by atoms with van der Waals surface area (Å²) in [6.45, 7) is 2.41. The van der Waals surface area contributed by atoms with E-state index in [1.54, 1.807) is 36.0 Å². The Morgan fingerprint density at radius 2 is 2.14 bits per heavy atom. The zero-order valence-electron chi connectivity index (χ0n) is 12.0. The number of hydrogen-bond donors (Lipinski definition) is 3. The third kappa shape index (κ3) is 3.98. The summed E-state index contributed by atoms with van der Waals surface area (Å²) in [5.41, 5.74) is -0.836. The Labute approximate surface area is 128 Å². The fraction of sp³-hybridized carbons (Fsp3) is 0.467. The predicted molar refractivity (Wildman–Crippen MR) is 83.3 cm³/mol. The highest BCUT2D eigenvalue weighted by molar-refractivity contribution is 7.99. The zero-order valence-corrected chi connectivity index (χ0v) is 12.8. The van der Waals surface area contributed by atoms with E-state index < -0.39 is 11.5 Å². The molecule has 21 heavy (non-hydrogen) atoms. The second-order valence-corrected chi connectivity index (χ2v) is 6.42. The van der Waals surface area contributed by atoms with Gasteiger partial charge in [0, 0.05) is 30.5 Å². The molecule has 1 aliphatic rings. The van der Waals surface area contributed by atoms with Crippen molar-refractivity contribution in [2.45, 2.75) is 24.9 Å². The molecule has 0 aliphatic carbocycles. The molecule has 114 valence electrons. The van der Waals surface area contributed by atoms with Crippen molar-refractivity contribution in [1.29, 1.82) is 0 Å². The van der Waals surface area contributed by atoms with Gasteiger partial charge in [-0.1, -0.05) is 30.3 Å². The number of benzene rings is 1. The van der Waals surface area contributed by atoms with Gasteiger partial charge in [-0.25, -0.2) is 4.79 Å². The van der Waals surface area contributed by atoms with Gasteiger partial charge in [0.1, 0.15) is 0 Å². The maximum Gasteiger partial charge on any atom is 0.333 e. The van der Waals surface area contributed by atoms with Gasteiger partial charge < -0.3 is 15.7 Å². The Morgan fingerprint density at radius 3 is 2.71 bits per heavy atom. The van der Waals surface area contributed by atoms with Crippen LogP contribution in [-0.4, -0.2) is 41.1 Å². The lowest BCUT2D eigenvalue weighted by atomic mass is 9.91. The molecule has 0 bridgehead atoms. The number of carboxylic acid groups (broad SMARTS) is 1. The second-order valence-electron chi connectivity index (χ2n) is 5.27. The lowest BCUT2D eigenvalue weighted by molar-refractivity contribution is -0.147. The van der Waals surface area contributed by atoms with Crippen LogP contribution in [0.5, 0.6) is 0 Å². The number of amides is 1. The molecule has 6 heteroatoms. The first-order valence-electron chi connectivity index (χ1n) is 6.93. The fourth-order valence-electron chi connectivity index (χ4n) is 2.33. The minimum atomic E-state index is -1.40. The van der Waals surface area contributed by atoms with Crippen LogP contribution in [-0.2, 0) is 15.1 Å². The van der Waals surface area contributed by atoms with Crippen molar-refractivity contribution in [3.05, 3.63) is 35.9 Å². The summed E-state index contributed by atoms with van der Waals surface area (Å²) in [6, 6.07) is 8.88. The van der Waals surface area contributed by atoms with Gasteiger partial charge in [0.2, 0.25) is 5.91 Å². The van der Waals surface area contributed by atoms with Crippen molar-refractivity contribution < 1.29 is 14.7 Å². The van der Waals surface area contributed by atoms with E-state index in [2.05, 4.69) is 10.6 Å². The molecular weight excluding hydrogens is 288 g/mol. The topological polar surface area (TPSA) is 78.4 Å². The lowest BCUT2D eigenvalue weighted by Crippen LogP contribution is -2.51. The Hall–Kier alpha value is -1.53. The number of aliphatic carboxylic acids is 1. The zero-order chi connectivity index (χ0) is 15.3. The van der Waals surface area contributed by atoms with E-state index in [4.69, 9.17) is 0 Å². The summed E-state index contributed by atoms with van der Waals surface area (Å²) in [7, 11) is 0. The number of carbonyl (C=O) groups excluding carboxylic acids is 1. The maximum atomic E-state index is 12.2. The van der Waals surface area contributed by atoms with Gasteiger partial charge in [-0.3, -0.25) is 4.79 Å². The number of carboxylic acids is 1. The Balaban J connectivity index is 2.05. The smallest absolute Gasteiger partial charge is 0.333 e. The van der Waals surface area contributed by atoms with E-state index in [1.807, 2.05) is 6.07 Å². The van der Waals surface area contributed by atoms with E-state index in [0.29, 0.717) is 12.0 Å². The molecule has 1 aromatic rings. The largest absolute Gasteiger partial charge is 0.479 e. The van der Waals surface area contributed by atoms with Crippen molar-refractivity contribution >= 4 is 23.6 Å². The van der Waals surface area contributed by atoms with Crippen molar-refractivity contribution in [2.24, 2.45) is 0 Å². The first kappa shape index (κ1) is 15.9. The highest BCUT2D eigenvalue weighted by Crippen LogP contribution is 2.21. The normalized spacial score (nSPS) is 21.3. The molecule has 5 nitrogen and oxygen atoms in total. The first-order chi connectivity index (χ1) is 10.0. The number of nitrogens with one attached hydrogen (secondary N) is 2. The minimum Gasteiger partial charge on any atom is -0.479 e. The van der Waals surface area contributed by atoms with E-state index in [0.717, 1.165) is 18.1 Å². The molecule has 0 aromatic heterocycles. The summed E-state index contributed by atoms with van der Waals surface area (Å²) in [4.78, 5) is 23.8. The molecule has 1 heterocycles. The molecule has 1 fully saturated rings. The van der Waals surface area contributed by atoms with Gasteiger partial charge in [0.15, 0.2) is 5.54 Å². The van der Waals surface area contributed by atoms with Crippen LogP contribution in [0.15, 0.2) is 30.3 Å². The second kappa shape index (κ2) is 6.95. The van der Waals surface area contributed by atoms with Gasteiger partial charge in [-0.05, 0) is 12.5 Å². The molecule has 0 radical (unpaired) electrons. The molecular formula is C15H20N2O3S. The minimum absolute atomic E-state index is 0.109. The Kier molecular flexibility index (Phi) is 5.25. The average molecular weight is 308 g/mol. The third-order valence-corrected chi connectivity index (χ3v) is 4.73. The standard InChI is InChI=1S/C15H20N2O3S/c1-15(14(19)20,11-5-3-2-4-6-11)17-13(18)9-12-10-21-8-7-16-12/h2-6,12,16H,7-10H2,1H3,(H,17,18)(H,19,20). The number of carbonyl (C=O) groups is 2. The Bertz CT molecular complexity index is 503. The number of thioether (sulfide) groups is 1. The van der Waals surface area contributed by atoms with Crippen LogP contribution in [0.25, 0.3) is 0 Å². The van der Waals surface area contributed by atoms with E-state index in [-0.39, 0.29) is 11.9 Å². The molecule has 2 unspecified atom stereocenters. The summed E-state index contributed by atoms with van der Waals surface area (Å²) >= 11 is 1.81. The van der Waals surface area contributed by atoms with E-state index >= 15 is 0 Å². The van der Waals surface area contributed by atoms with Crippen LogP contribution in [0.1, 0.15) is 18.9 Å². The lowest BCUT2D eigenvalue weighted by Gasteiger charge is -2.29. The van der Waals surface area contributed by atoms with Crippen molar-refractivity contribution in [1.82, 2.24) is 10.6 Å². The third-order valence-electron chi connectivity index (χ3n) is 3.60. The molecule has 1 aromatic carbocycles. The van der Waals surface area contributed by atoms with Crippen LogP contribution in [0.2, 0.25) is 0 Å². The summed E-state index contributed by atoms with van der Waals surface area (Å²) < 4.78 is 0. The van der Waals surface area contributed by atoms with Crippen LogP contribution in [0.4, 0.5) is 0 Å². The van der Waals surface area contributed by atoms with Crippen LogP contribution in [0, 0.1) is 0 Å². The van der Waals surface area contributed by atoms with Crippen LogP contribution < -0.4 is 10.6 Å². The van der Waals surface area contributed by atoms with Crippen LogP contribution >= 0.6 is 11.8 Å². The summed E-state index contributed by atoms with van der Waals surface area (Å²) in [6.07, 6.45) is 0.294. The molecule has 1 amide bonds. The van der Waals surface area contributed by atoms with Crippen molar-refractivity contribution in [2.75, 3.05) is 18.1 Å². The molecule has 0 saturated carbocycles. The Morgan fingerprint density at radius 1 is 1.43 bits per heavy atom. The first-order valence-corrected chi connectivity index (χ1v) is 8.09. The summed E-state index contributed by atoms with van der Waals surface area (Å²) in [5, 5.41) is 15.5. The molecule has 3 N–H and O–H groups in total. The molecule has 0 spiro atoms. The van der Waals surface area contributed by atoms with Gasteiger partial charge in [0.25, 0.3) is 0 Å². The SMILES string of the molecule is CC(NC(=O)CC1CSCCN1)(C(=O)O)c1ccccc1. The predicted octanol–water partition coefficient (Wildman–Crippen LogP) is 1.20. The van der Waals surface area contributed by atoms with E-state index in [1.165, 1.54) is 6.92 Å². The van der Waals surface area contributed by atoms with Gasteiger partial charge in [0.05, 0.1) is 0 Å². The van der Waals surface area contributed by atoms with Gasteiger partial charge >= 0.3 is 5.97 Å². The van der Waals surface area contributed by atoms with E-state index in [9.17, 15) is 14.7 Å². The highest BCUT2D eigenvalue weighted by atomic mass is 32.2. The molecule has 1 saturated heterocycles.